The number of nitrogens with one attached hydrogen (secondary N) is 2. The number of hydrogen-bond acceptors (Lipinski definition) is 5. The highest BCUT2D eigenvalue weighted by molar-refractivity contribution is 7.91. The van der Waals surface area contributed by atoms with Gasteiger partial charge >= 0.3 is 0 Å². The summed E-state index contributed by atoms with van der Waals surface area (Å²) >= 11 is 1.22. The highest BCUT2D eigenvalue weighted by atomic mass is 32.2. The lowest BCUT2D eigenvalue weighted by Crippen LogP contribution is -2.46. The summed E-state index contributed by atoms with van der Waals surface area (Å²) in [4.78, 5) is 12.9. The molecule has 1 unspecified atom stereocenters. The molecule has 2 aliphatic heterocycles. The molecule has 2 fully saturated rings. The second-order valence-corrected chi connectivity index (χ2v) is 9.81. The molecule has 0 aliphatic carbocycles. The van der Waals surface area contributed by atoms with Gasteiger partial charge in [-0.3, -0.25) is 4.79 Å². The Morgan fingerprint density at radius 2 is 2.04 bits per heavy atom. The average molecular weight is 372 g/mol. The van der Waals surface area contributed by atoms with Crippen molar-refractivity contribution in [3.63, 3.8) is 0 Å². The van der Waals surface area contributed by atoms with Crippen molar-refractivity contribution < 1.29 is 13.2 Å². The third kappa shape index (κ3) is 4.36. The molecule has 0 bridgehead atoms. The van der Waals surface area contributed by atoms with Gasteiger partial charge in [-0.05, 0) is 44.4 Å². The topological polar surface area (TPSA) is 78.5 Å². The molecular formula is C16H25N3O3S2. The van der Waals surface area contributed by atoms with E-state index in [4.69, 9.17) is 0 Å². The largest absolute Gasteiger partial charge is 0.352 e. The summed E-state index contributed by atoms with van der Waals surface area (Å²) in [6.45, 7) is 3.02. The van der Waals surface area contributed by atoms with E-state index >= 15 is 0 Å². The molecule has 2 aliphatic rings. The van der Waals surface area contributed by atoms with E-state index in [0.717, 1.165) is 50.1 Å². The van der Waals surface area contributed by atoms with E-state index in [9.17, 15) is 13.2 Å². The second-order valence-electron chi connectivity index (χ2n) is 6.47. The van der Waals surface area contributed by atoms with Gasteiger partial charge in [0, 0.05) is 30.6 Å². The fourth-order valence-corrected chi connectivity index (χ4v) is 6.26. The Kier molecular flexibility index (Phi) is 5.91. The minimum atomic E-state index is -3.39. The first-order chi connectivity index (χ1) is 11.6. The van der Waals surface area contributed by atoms with Gasteiger partial charge in [-0.15, -0.1) is 11.3 Å². The fourth-order valence-electron chi connectivity index (χ4n) is 3.24. The van der Waals surface area contributed by atoms with Crippen LogP contribution < -0.4 is 10.6 Å². The maximum atomic E-state index is 12.6. The highest BCUT2D eigenvalue weighted by Crippen LogP contribution is 2.27. The number of carbonyl (C=O) groups excluding carboxylic acids is 1. The maximum absolute atomic E-state index is 12.6. The van der Waals surface area contributed by atoms with Crippen molar-refractivity contribution >= 4 is 27.3 Å². The molecule has 1 amide bonds. The zero-order chi connectivity index (χ0) is 17.0. The number of thiophene rings is 1. The normalized spacial score (nSPS) is 23.1. The highest BCUT2D eigenvalue weighted by Gasteiger charge is 2.27. The first-order valence-corrected chi connectivity index (χ1v) is 10.9. The molecule has 0 aromatic carbocycles. The van der Waals surface area contributed by atoms with E-state index in [2.05, 4.69) is 10.6 Å². The average Bonchev–Trinajstić information content (AvgIpc) is 3.05. The van der Waals surface area contributed by atoms with Gasteiger partial charge in [0.2, 0.25) is 5.91 Å². The first kappa shape index (κ1) is 17.8. The third-order valence-corrected chi connectivity index (χ3v) is 7.99. The summed E-state index contributed by atoms with van der Waals surface area (Å²) in [6, 6.07) is 3.59. The molecule has 3 heterocycles. The van der Waals surface area contributed by atoms with Crippen LogP contribution in [0.2, 0.25) is 0 Å². The molecule has 1 aromatic rings. The molecule has 8 heteroatoms. The molecular weight excluding hydrogens is 346 g/mol. The quantitative estimate of drug-likeness (QED) is 0.819. The van der Waals surface area contributed by atoms with Crippen LogP contribution >= 0.6 is 11.3 Å². The molecule has 24 heavy (non-hydrogen) atoms. The lowest BCUT2D eigenvalue weighted by Gasteiger charge is -2.25. The van der Waals surface area contributed by atoms with E-state index in [1.54, 1.807) is 16.4 Å². The van der Waals surface area contributed by atoms with Crippen LogP contribution in [0.5, 0.6) is 0 Å². The molecule has 0 saturated carbocycles. The van der Waals surface area contributed by atoms with E-state index < -0.39 is 10.0 Å². The molecule has 0 radical (unpaired) electrons. The van der Waals surface area contributed by atoms with Gasteiger partial charge in [0.1, 0.15) is 4.21 Å². The summed E-state index contributed by atoms with van der Waals surface area (Å²) in [5.74, 6) is -0.0347. The van der Waals surface area contributed by atoms with Crippen LogP contribution in [0.4, 0.5) is 0 Å². The van der Waals surface area contributed by atoms with Gasteiger partial charge in [-0.2, -0.15) is 4.31 Å². The van der Waals surface area contributed by atoms with Crippen molar-refractivity contribution in [3.8, 4) is 0 Å². The SMILES string of the molecule is O=C(Cc1ccc(S(=O)(=O)N2CCCCC2)s1)NC1CCCNC1. The smallest absolute Gasteiger partial charge is 0.252 e. The molecule has 1 aromatic heterocycles. The summed E-state index contributed by atoms with van der Waals surface area (Å²) in [5.41, 5.74) is 0. The van der Waals surface area contributed by atoms with Crippen LogP contribution in [-0.4, -0.2) is 50.9 Å². The number of nitrogens with zero attached hydrogens (tertiary/aromatic N) is 1. The predicted molar refractivity (Wildman–Crippen MR) is 94.7 cm³/mol. The third-order valence-electron chi connectivity index (χ3n) is 4.54. The maximum Gasteiger partial charge on any atom is 0.252 e. The summed E-state index contributed by atoms with van der Waals surface area (Å²) in [5, 5.41) is 6.29. The molecule has 2 N–H and O–H groups in total. The lowest BCUT2D eigenvalue weighted by molar-refractivity contribution is -0.121. The van der Waals surface area contributed by atoms with E-state index in [0.29, 0.717) is 17.3 Å². The van der Waals surface area contributed by atoms with E-state index in [-0.39, 0.29) is 18.4 Å². The van der Waals surface area contributed by atoms with Crippen molar-refractivity contribution in [2.75, 3.05) is 26.2 Å². The van der Waals surface area contributed by atoms with Gasteiger partial charge in [0.05, 0.1) is 6.42 Å². The first-order valence-electron chi connectivity index (χ1n) is 8.64. The van der Waals surface area contributed by atoms with Crippen molar-refractivity contribution in [1.82, 2.24) is 14.9 Å². The summed E-state index contributed by atoms with van der Waals surface area (Å²) in [7, 11) is -3.39. The number of piperidine rings is 2. The Morgan fingerprint density at radius 1 is 1.25 bits per heavy atom. The zero-order valence-corrected chi connectivity index (χ0v) is 15.4. The van der Waals surface area contributed by atoms with Gasteiger partial charge < -0.3 is 10.6 Å². The molecule has 2 saturated heterocycles. The van der Waals surface area contributed by atoms with Crippen LogP contribution in [0.1, 0.15) is 37.0 Å². The van der Waals surface area contributed by atoms with Crippen molar-refractivity contribution in [3.05, 3.63) is 17.0 Å². The second kappa shape index (κ2) is 7.95. The van der Waals surface area contributed by atoms with Crippen LogP contribution in [0.15, 0.2) is 16.3 Å². The van der Waals surface area contributed by atoms with Gasteiger partial charge in [0.25, 0.3) is 10.0 Å². The number of hydrogen-bond donors (Lipinski definition) is 2. The van der Waals surface area contributed by atoms with Gasteiger partial charge in [-0.1, -0.05) is 6.42 Å². The number of carbonyl (C=O) groups is 1. The Hall–Kier alpha value is -0.960. The van der Waals surface area contributed by atoms with Crippen LogP contribution in [0.25, 0.3) is 0 Å². The molecule has 1 atom stereocenters. The van der Waals surface area contributed by atoms with E-state index in [1.165, 1.54) is 11.3 Å². The standard InChI is InChI=1S/C16H25N3O3S2/c20-15(18-13-5-4-8-17-12-13)11-14-6-7-16(23-14)24(21,22)19-9-2-1-3-10-19/h6-7,13,17H,1-5,8-12H2,(H,18,20). The van der Waals surface area contributed by atoms with Crippen LogP contribution in [-0.2, 0) is 21.2 Å². The summed E-state index contributed by atoms with van der Waals surface area (Å²) < 4.78 is 27.2. The molecule has 0 spiro atoms. The van der Waals surface area contributed by atoms with Gasteiger partial charge in [0.15, 0.2) is 0 Å². The minimum Gasteiger partial charge on any atom is -0.352 e. The van der Waals surface area contributed by atoms with Crippen molar-refractivity contribution in [2.24, 2.45) is 0 Å². The number of amides is 1. The number of sulfonamides is 1. The zero-order valence-electron chi connectivity index (χ0n) is 13.8. The monoisotopic (exact) mass is 371 g/mol. The fraction of sp³-hybridized carbons (Fsp3) is 0.688. The summed E-state index contributed by atoms with van der Waals surface area (Å²) in [6.07, 6.45) is 5.26. The Bertz CT molecular complexity index is 660. The lowest BCUT2D eigenvalue weighted by atomic mass is 10.1. The molecule has 3 rings (SSSR count). The van der Waals surface area contributed by atoms with Crippen LogP contribution in [0, 0.1) is 0 Å². The predicted octanol–water partition coefficient (Wildman–Crippen LogP) is 1.33. The van der Waals surface area contributed by atoms with Crippen molar-refractivity contribution in [1.29, 1.82) is 0 Å². The van der Waals surface area contributed by atoms with Crippen molar-refractivity contribution in [2.45, 2.75) is 48.8 Å². The number of rotatable bonds is 5. The Balaban J connectivity index is 1.59. The minimum absolute atomic E-state index is 0.0347. The Labute approximate surface area is 147 Å². The van der Waals surface area contributed by atoms with E-state index in [1.807, 2.05) is 0 Å². The Morgan fingerprint density at radius 3 is 2.75 bits per heavy atom. The van der Waals surface area contributed by atoms with Gasteiger partial charge in [-0.25, -0.2) is 8.42 Å². The molecule has 6 nitrogen and oxygen atoms in total. The molecule has 134 valence electrons. The van der Waals surface area contributed by atoms with Crippen LogP contribution in [0.3, 0.4) is 0 Å².